The van der Waals surface area contributed by atoms with Crippen LogP contribution in [0.1, 0.15) is 100 Å². The van der Waals surface area contributed by atoms with E-state index in [1.54, 1.807) is 0 Å². The molecule has 38 heavy (non-hydrogen) atoms. The third-order valence-electron chi connectivity index (χ3n) is 13.9. The predicted molar refractivity (Wildman–Crippen MR) is 146 cm³/mol. The number of hydrogen-bond acceptors (Lipinski definition) is 6. The quantitative estimate of drug-likeness (QED) is 0.385. The van der Waals surface area contributed by atoms with Gasteiger partial charge in [-0.3, -0.25) is 4.79 Å². The fourth-order valence-corrected chi connectivity index (χ4v) is 11.3. The lowest BCUT2D eigenvalue weighted by molar-refractivity contribution is -0.302. The number of aliphatic hydroxyl groups is 4. The second-order valence-corrected chi connectivity index (χ2v) is 15.6. The van der Waals surface area contributed by atoms with E-state index >= 15 is 0 Å². The van der Waals surface area contributed by atoms with Gasteiger partial charge in [-0.1, -0.05) is 48.5 Å². The Kier molecular flexibility index (Phi) is 6.95. The molecule has 0 saturated heterocycles. The SMILES string of the molecule is CC(=O)O[C@H]1[C@H]2[C@@H](C[C@@H](O)[C@@]3(O)C[C@@H](O)CC[C@]23C)[C@@H]2CC[C@H]([C@H](C)[C@H]3C[C@]3(C)[C@H](C)C(C)C)[C@@]2(C)[C@H]1O. The Hall–Kier alpha value is -0.690. The average Bonchev–Trinajstić information content (AvgIpc) is 3.39. The van der Waals surface area contributed by atoms with Gasteiger partial charge in [0.1, 0.15) is 6.10 Å². The monoisotopic (exact) mass is 534 g/mol. The van der Waals surface area contributed by atoms with Gasteiger partial charge in [-0.15, -0.1) is 0 Å². The summed E-state index contributed by atoms with van der Waals surface area (Å²) in [5, 5.41) is 46.1. The smallest absolute Gasteiger partial charge is 0.303 e. The summed E-state index contributed by atoms with van der Waals surface area (Å²) >= 11 is 0. The highest BCUT2D eigenvalue weighted by molar-refractivity contribution is 5.66. The van der Waals surface area contributed by atoms with Crippen LogP contribution in [0.4, 0.5) is 0 Å². The van der Waals surface area contributed by atoms with Gasteiger partial charge in [0.25, 0.3) is 0 Å². The Balaban J connectivity index is 1.52. The van der Waals surface area contributed by atoms with Crippen molar-refractivity contribution in [2.24, 2.45) is 63.6 Å². The number of aliphatic hydroxyl groups excluding tert-OH is 3. The van der Waals surface area contributed by atoms with Crippen molar-refractivity contribution in [1.82, 2.24) is 0 Å². The van der Waals surface area contributed by atoms with Gasteiger partial charge in [-0.2, -0.15) is 0 Å². The first-order valence-corrected chi connectivity index (χ1v) is 15.5. The largest absolute Gasteiger partial charge is 0.459 e. The van der Waals surface area contributed by atoms with E-state index in [0.717, 1.165) is 12.8 Å². The van der Waals surface area contributed by atoms with Gasteiger partial charge >= 0.3 is 5.97 Å². The lowest BCUT2D eigenvalue weighted by Gasteiger charge is -2.67. The molecule has 5 fully saturated rings. The lowest BCUT2D eigenvalue weighted by Crippen LogP contribution is -2.74. The van der Waals surface area contributed by atoms with Crippen molar-refractivity contribution in [1.29, 1.82) is 0 Å². The first kappa shape index (κ1) is 28.8. The molecule has 218 valence electrons. The molecule has 0 unspecified atom stereocenters. The van der Waals surface area contributed by atoms with E-state index in [1.165, 1.54) is 13.3 Å². The van der Waals surface area contributed by atoms with E-state index in [-0.39, 0.29) is 24.2 Å². The van der Waals surface area contributed by atoms with Crippen LogP contribution in [-0.2, 0) is 9.53 Å². The van der Waals surface area contributed by atoms with Crippen LogP contribution in [0.5, 0.6) is 0 Å². The maximum atomic E-state index is 12.5. The van der Waals surface area contributed by atoms with E-state index in [9.17, 15) is 25.2 Å². The summed E-state index contributed by atoms with van der Waals surface area (Å²) in [6.45, 7) is 17.5. The number of fused-ring (bicyclic) bond motifs is 5. The second kappa shape index (κ2) is 9.16. The fourth-order valence-electron chi connectivity index (χ4n) is 11.3. The third-order valence-corrected chi connectivity index (χ3v) is 13.9. The molecule has 0 aromatic heterocycles. The number of esters is 1. The highest BCUT2D eigenvalue weighted by Crippen LogP contribution is 2.72. The normalized spacial score (nSPS) is 55.4. The molecule has 5 aliphatic rings. The summed E-state index contributed by atoms with van der Waals surface area (Å²) < 4.78 is 6.04. The summed E-state index contributed by atoms with van der Waals surface area (Å²) in [5.41, 5.74) is -2.33. The number of hydrogen-bond donors (Lipinski definition) is 4. The average molecular weight is 535 g/mol. The standard InChI is InChI=1S/C32H54O6/c1-16(2)18(4)29(6)15-24(29)17(3)22-9-10-23-21-13-25(35)32(37)14-20(34)11-12-30(32,7)26(21)27(38-19(5)33)28(36)31(22,23)8/h16-18,20-28,34-37H,9-15H2,1-8H3/t17-,18+,20-,21-,22+,23-,24+,25+,26+,27-,28-,29+,30+,31+,32-/m0/s1. The van der Waals surface area contributed by atoms with Crippen molar-refractivity contribution >= 4 is 5.97 Å². The van der Waals surface area contributed by atoms with E-state index in [0.29, 0.717) is 54.3 Å². The van der Waals surface area contributed by atoms with Crippen molar-refractivity contribution in [3.05, 3.63) is 0 Å². The fraction of sp³-hybridized carbons (Fsp3) is 0.969. The maximum Gasteiger partial charge on any atom is 0.303 e. The zero-order chi connectivity index (χ0) is 28.2. The van der Waals surface area contributed by atoms with Crippen LogP contribution in [0, 0.1) is 63.6 Å². The molecule has 4 N–H and O–H groups in total. The molecular weight excluding hydrogens is 480 g/mol. The summed E-state index contributed by atoms with van der Waals surface area (Å²) in [5.74, 6) is 2.22. The number of rotatable bonds is 5. The van der Waals surface area contributed by atoms with Gasteiger partial charge < -0.3 is 25.2 Å². The highest BCUT2D eigenvalue weighted by atomic mass is 16.6. The second-order valence-electron chi connectivity index (χ2n) is 15.6. The third kappa shape index (κ3) is 3.75. The topological polar surface area (TPSA) is 107 Å². The number of carbonyl (C=O) groups excluding carboxylic acids is 1. The summed E-state index contributed by atoms with van der Waals surface area (Å²) in [6, 6.07) is 0. The molecule has 0 aromatic carbocycles. The van der Waals surface area contributed by atoms with Crippen LogP contribution in [-0.4, -0.2) is 56.4 Å². The van der Waals surface area contributed by atoms with Crippen molar-refractivity contribution in [2.45, 2.75) is 130 Å². The molecule has 6 heteroatoms. The molecule has 0 spiro atoms. The minimum Gasteiger partial charge on any atom is -0.459 e. The van der Waals surface area contributed by atoms with Gasteiger partial charge in [0, 0.05) is 30.1 Å². The van der Waals surface area contributed by atoms with E-state index < -0.39 is 46.8 Å². The van der Waals surface area contributed by atoms with Crippen molar-refractivity contribution < 1.29 is 30.0 Å². The molecule has 0 radical (unpaired) electrons. The molecule has 0 heterocycles. The van der Waals surface area contributed by atoms with Crippen molar-refractivity contribution in [3.63, 3.8) is 0 Å². The molecule has 0 bridgehead atoms. The van der Waals surface area contributed by atoms with E-state index in [2.05, 4.69) is 41.5 Å². The van der Waals surface area contributed by atoms with Crippen molar-refractivity contribution in [2.75, 3.05) is 0 Å². The lowest BCUT2D eigenvalue weighted by atomic mass is 9.41. The van der Waals surface area contributed by atoms with Crippen LogP contribution in [0.3, 0.4) is 0 Å². The van der Waals surface area contributed by atoms with E-state index in [1.807, 2.05) is 6.92 Å². The minimum atomic E-state index is -1.47. The molecule has 5 rings (SSSR count). The van der Waals surface area contributed by atoms with Crippen LogP contribution in [0.25, 0.3) is 0 Å². The highest BCUT2D eigenvalue weighted by Gasteiger charge is 2.73. The molecular formula is C32H54O6. The molecule has 0 amide bonds. The van der Waals surface area contributed by atoms with Crippen LogP contribution >= 0.6 is 0 Å². The Morgan fingerprint density at radius 3 is 2.21 bits per heavy atom. The number of ether oxygens (including phenoxy) is 1. The maximum absolute atomic E-state index is 12.5. The van der Waals surface area contributed by atoms with Gasteiger partial charge in [0.15, 0.2) is 0 Å². The van der Waals surface area contributed by atoms with Crippen molar-refractivity contribution in [3.8, 4) is 0 Å². The molecule has 5 aliphatic carbocycles. The molecule has 5 saturated carbocycles. The first-order valence-electron chi connectivity index (χ1n) is 15.5. The summed E-state index contributed by atoms with van der Waals surface area (Å²) in [7, 11) is 0. The molecule has 0 aromatic rings. The molecule has 0 aliphatic heterocycles. The van der Waals surface area contributed by atoms with Gasteiger partial charge in [0.2, 0.25) is 0 Å². The first-order chi connectivity index (χ1) is 17.5. The Morgan fingerprint density at radius 2 is 1.61 bits per heavy atom. The predicted octanol–water partition coefficient (Wildman–Crippen LogP) is 4.56. The van der Waals surface area contributed by atoms with Crippen LogP contribution in [0.2, 0.25) is 0 Å². The van der Waals surface area contributed by atoms with Gasteiger partial charge in [-0.05, 0) is 85.4 Å². The van der Waals surface area contributed by atoms with Crippen LogP contribution in [0.15, 0.2) is 0 Å². The van der Waals surface area contributed by atoms with Crippen LogP contribution < -0.4 is 0 Å². The van der Waals surface area contributed by atoms with E-state index in [4.69, 9.17) is 4.74 Å². The molecule has 6 nitrogen and oxygen atoms in total. The Labute approximate surface area is 229 Å². The summed E-state index contributed by atoms with van der Waals surface area (Å²) in [6.07, 6.45) is 1.68. The summed E-state index contributed by atoms with van der Waals surface area (Å²) in [4.78, 5) is 12.5. The van der Waals surface area contributed by atoms with Gasteiger partial charge in [-0.25, -0.2) is 0 Å². The minimum absolute atomic E-state index is 0.0423. The zero-order valence-electron chi connectivity index (χ0n) is 25.0. The zero-order valence-corrected chi connectivity index (χ0v) is 25.0. The van der Waals surface area contributed by atoms with Gasteiger partial charge in [0.05, 0.1) is 23.9 Å². The number of carbonyl (C=O) groups is 1. The Morgan fingerprint density at radius 1 is 0.947 bits per heavy atom. The molecule has 15 atom stereocenters. The Bertz CT molecular complexity index is 937.